The fourth-order valence-electron chi connectivity index (χ4n) is 1.46. The van der Waals surface area contributed by atoms with Gasteiger partial charge < -0.3 is 14.3 Å². The van der Waals surface area contributed by atoms with Crippen molar-refractivity contribution in [1.29, 1.82) is 0 Å². The molecule has 0 atom stereocenters. The highest BCUT2D eigenvalue weighted by atomic mass is 16.5. The summed E-state index contributed by atoms with van der Waals surface area (Å²) < 4.78 is 9.96. The van der Waals surface area contributed by atoms with E-state index in [1.807, 2.05) is 19.1 Å². The lowest BCUT2D eigenvalue weighted by Gasteiger charge is -1.97. The van der Waals surface area contributed by atoms with E-state index in [4.69, 9.17) is 9.15 Å². The molecule has 0 aliphatic heterocycles. The summed E-state index contributed by atoms with van der Waals surface area (Å²) in [4.78, 5) is 15.3. The minimum atomic E-state index is -0.721. The van der Waals surface area contributed by atoms with E-state index in [0.717, 1.165) is 5.56 Å². The number of esters is 1. The highest BCUT2D eigenvalue weighted by Gasteiger charge is 2.21. The molecule has 0 aliphatic carbocycles. The number of nitrogens with zero attached hydrogens (tertiary/aromatic N) is 1. The van der Waals surface area contributed by atoms with Crippen LogP contribution in [0.25, 0.3) is 11.5 Å². The van der Waals surface area contributed by atoms with E-state index >= 15 is 0 Å². The van der Waals surface area contributed by atoms with Gasteiger partial charge in [0.25, 0.3) is 11.6 Å². The Labute approximate surface area is 104 Å². The minimum absolute atomic E-state index is 0.190. The summed E-state index contributed by atoms with van der Waals surface area (Å²) in [5.74, 6) is -1.26. The molecule has 1 heterocycles. The van der Waals surface area contributed by atoms with E-state index in [1.54, 1.807) is 19.1 Å². The molecule has 0 saturated heterocycles. The Hall–Kier alpha value is -2.30. The summed E-state index contributed by atoms with van der Waals surface area (Å²) in [5.41, 5.74) is 1.78. The van der Waals surface area contributed by atoms with Crippen LogP contribution in [0.3, 0.4) is 0 Å². The highest BCUT2D eigenvalue weighted by Crippen LogP contribution is 2.26. The predicted molar refractivity (Wildman–Crippen MR) is 64.3 cm³/mol. The van der Waals surface area contributed by atoms with Gasteiger partial charge in [0.1, 0.15) is 0 Å². The van der Waals surface area contributed by atoms with Crippen LogP contribution in [0, 0.1) is 6.92 Å². The Bertz CT molecular complexity index is 557. The Kier molecular flexibility index (Phi) is 3.32. The highest BCUT2D eigenvalue weighted by molar-refractivity contribution is 5.89. The number of benzene rings is 1. The maximum atomic E-state index is 11.4. The number of ether oxygens (including phenoxy) is 1. The van der Waals surface area contributed by atoms with Gasteiger partial charge in [-0.15, -0.1) is 0 Å². The molecule has 0 aliphatic rings. The van der Waals surface area contributed by atoms with E-state index in [1.165, 1.54) is 0 Å². The second kappa shape index (κ2) is 4.91. The maximum Gasteiger partial charge on any atom is 0.380 e. The summed E-state index contributed by atoms with van der Waals surface area (Å²) in [6.45, 7) is 3.84. The van der Waals surface area contributed by atoms with Crippen LogP contribution >= 0.6 is 0 Å². The van der Waals surface area contributed by atoms with Gasteiger partial charge in [0.2, 0.25) is 5.89 Å². The molecule has 0 amide bonds. The van der Waals surface area contributed by atoms with Crippen molar-refractivity contribution in [3.63, 3.8) is 0 Å². The van der Waals surface area contributed by atoms with Gasteiger partial charge in [-0.3, -0.25) is 0 Å². The zero-order valence-electron chi connectivity index (χ0n) is 10.1. The maximum absolute atomic E-state index is 11.4. The number of hydrogen-bond acceptors (Lipinski definition) is 5. The van der Waals surface area contributed by atoms with Crippen LogP contribution in [0.15, 0.2) is 28.7 Å². The molecule has 94 valence electrons. The lowest BCUT2D eigenvalue weighted by atomic mass is 10.1. The summed E-state index contributed by atoms with van der Waals surface area (Å²) in [7, 11) is 0. The van der Waals surface area contributed by atoms with Gasteiger partial charge in [0.15, 0.2) is 0 Å². The van der Waals surface area contributed by atoms with Crippen molar-refractivity contribution >= 4 is 5.97 Å². The summed E-state index contributed by atoms with van der Waals surface area (Å²) in [6, 6.07) is 7.38. The first-order valence-corrected chi connectivity index (χ1v) is 5.55. The van der Waals surface area contributed by atoms with Crippen molar-refractivity contribution in [2.45, 2.75) is 13.8 Å². The molecule has 0 bridgehead atoms. The number of aryl methyl sites for hydroxylation is 1. The molecule has 0 fully saturated rings. The first-order valence-electron chi connectivity index (χ1n) is 5.55. The summed E-state index contributed by atoms with van der Waals surface area (Å²) in [5, 5.41) is 9.54. The Morgan fingerprint density at radius 1 is 1.39 bits per heavy atom. The molecular formula is C13H13NO4. The molecule has 5 nitrogen and oxygen atoms in total. The van der Waals surface area contributed by atoms with Crippen LogP contribution < -0.4 is 0 Å². The number of aromatic nitrogens is 1. The standard InChI is InChI=1S/C13H13NO4/c1-3-17-13(16)10-11(15)14-12(18-10)9-6-4-8(2)5-7-9/h4-7,15H,3H2,1-2H3. The third-order valence-corrected chi connectivity index (χ3v) is 2.37. The Morgan fingerprint density at radius 3 is 2.67 bits per heavy atom. The minimum Gasteiger partial charge on any atom is -0.490 e. The van der Waals surface area contributed by atoms with Gasteiger partial charge in [-0.25, -0.2) is 4.79 Å². The fourth-order valence-corrected chi connectivity index (χ4v) is 1.46. The van der Waals surface area contributed by atoms with Crippen molar-refractivity contribution in [3.8, 4) is 17.3 Å². The molecule has 2 aromatic rings. The molecule has 5 heteroatoms. The molecule has 0 saturated carbocycles. The first-order chi connectivity index (χ1) is 8.61. The van der Waals surface area contributed by atoms with Gasteiger partial charge in [0, 0.05) is 5.56 Å². The van der Waals surface area contributed by atoms with Gasteiger partial charge in [-0.2, -0.15) is 4.98 Å². The molecule has 1 N–H and O–H groups in total. The number of oxazole rings is 1. The summed E-state index contributed by atoms with van der Waals surface area (Å²) in [6.07, 6.45) is 0. The second-order valence-electron chi connectivity index (χ2n) is 3.76. The largest absolute Gasteiger partial charge is 0.490 e. The Morgan fingerprint density at radius 2 is 2.06 bits per heavy atom. The van der Waals surface area contributed by atoms with Gasteiger partial charge in [-0.05, 0) is 26.0 Å². The first kappa shape index (κ1) is 12.2. The van der Waals surface area contributed by atoms with E-state index in [9.17, 15) is 9.90 Å². The van der Waals surface area contributed by atoms with Crippen molar-refractivity contribution in [2.24, 2.45) is 0 Å². The lowest BCUT2D eigenvalue weighted by Crippen LogP contribution is -2.03. The van der Waals surface area contributed by atoms with Crippen LogP contribution in [0.2, 0.25) is 0 Å². The Balaban J connectivity index is 2.34. The SMILES string of the molecule is CCOC(=O)c1oc(-c2ccc(C)cc2)nc1O. The normalized spacial score (nSPS) is 10.3. The average molecular weight is 247 g/mol. The van der Waals surface area contributed by atoms with Gasteiger partial charge >= 0.3 is 5.97 Å². The molecule has 0 spiro atoms. The van der Waals surface area contributed by atoms with Crippen molar-refractivity contribution < 1.29 is 19.1 Å². The quantitative estimate of drug-likeness (QED) is 0.844. The molecule has 1 aromatic carbocycles. The van der Waals surface area contributed by atoms with Crippen LogP contribution in [0.5, 0.6) is 5.88 Å². The fraction of sp³-hybridized carbons (Fsp3) is 0.231. The van der Waals surface area contributed by atoms with E-state index in [0.29, 0.717) is 5.56 Å². The topological polar surface area (TPSA) is 72.6 Å². The third-order valence-electron chi connectivity index (χ3n) is 2.37. The molecule has 2 rings (SSSR count). The van der Waals surface area contributed by atoms with Crippen LogP contribution in [0.1, 0.15) is 23.0 Å². The second-order valence-corrected chi connectivity index (χ2v) is 3.76. The lowest BCUT2D eigenvalue weighted by molar-refractivity contribution is 0.0486. The number of carbonyl (C=O) groups is 1. The molecule has 1 aromatic heterocycles. The van der Waals surface area contributed by atoms with Gasteiger partial charge in [0.05, 0.1) is 6.61 Å². The van der Waals surface area contributed by atoms with E-state index in [-0.39, 0.29) is 18.3 Å². The summed E-state index contributed by atoms with van der Waals surface area (Å²) >= 11 is 0. The smallest absolute Gasteiger partial charge is 0.380 e. The molecule has 0 radical (unpaired) electrons. The van der Waals surface area contributed by atoms with Gasteiger partial charge in [-0.1, -0.05) is 17.7 Å². The van der Waals surface area contributed by atoms with E-state index in [2.05, 4.69) is 4.98 Å². The van der Waals surface area contributed by atoms with Crippen LogP contribution in [-0.2, 0) is 4.74 Å². The molecule has 0 unspecified atom stereocenters. The third kappa shape index (κ3) is 2.34. The van der Waals surface area contributed by atoms with Crippen molar-refractivity contribution in [1.82, 2.24) is 4.98 Å². The number of carbonyl (C=O) groups excluding carboxylic acids is 1. The van der Waals surface area contributed by atoms with Crippen LogP contribution in [-0.4, -0.2) is 22.7 Å². The predicted octanol–water partition coefficient (Wildman–Crippen LogP) is 2.53. The molecule has 18 heavy (non-hydrogen) atoms. The number of rotatable bonds is 3. The number of aromatic hydroxyl groups is 1. The number of hydrogen-bond donors (Lipinski definition) is 1. The van der Waals surface area contributed by atoms with Crippen molar-refractivity contribution in [3.05, 3.63) is 35.6 Å². The zero-order valence-corrected chi connectivity index (χ0v) is 10.1. The average Bonchev–Trinajstić information content (AvgIpc) is 2.72. The van der Waals surface area contributed by atoms with E-state index < -0.39 is 11.8 Å². The monoisotopic (exact) mass is 247 g/mol. The molecular weight excluding hydrogens is 234 g/mol. The van der Waals surface area contributed by atoms with Crippen LogP contribution in [0.4, 0.5) is 0 Å². The van der Waals surface area contributed by atoms with Crippen molar-refractivity contribution in [2.75, 3.05) is 6.61 Å². The zero-order chi connectivity index (χ0) is 13.1.